The van der Waals surface area contributed by atoms with E-state index in [0.29, 0.717) is 0 Å². The average Bonchev–Trinajstić information content (AvgIpc) is 2.39. The number of nitrogens with zero attached hydrogens (tertiary/aromatic N) is 1. The topological polar surface area (TPSA) is 32.6 Å². The molecule has 0 amide bonds. The first kappa shape index (κ1) is 11.0. The van der Waals surface area contributed by atoms with Crippen LogP contribution in [0.5, 0.6) is 0 Å². The number of hydrogen-bond acceptors (Lipinski definition) is 2. The van der Waals surface area contributed by atoms with Crippen molar-refractivity contribution in [3.05, 3.63) is 71.3 Å². The van der Waals surface area contributed by atoms with E-state index in [9.17, 15) is 0 Å². The second-order valence-electron chi connectivity index (χ2n) is 3.49. The van der Waals surface area contributed by atoms with Crippen LogP contribution in [0.15, 0.2) is 59.8 Å². The maximum absolute atomic E-state index is 8.45. The van der Waals surface area contributed by atoms with Crippen molar-refractivity contribution in [2.45, 2.75) is 0 Å². The third-order valence-electron chi connectivity index (χ3n) is 2.22. The van der Waals surface area contributed by atoms with Crippen LogP contribution in [0.25, 0.3) is 0 Å². The Bertz CT molecular complexity index is 577. The summed E-state index contributed by atoms with van der Waals surface area (Å²) in [6.07, 6.45) is 1.38. The first-order valence-corrected chi connectivity index (χ1v) is 5.23. The van der Waals surface area contributed by atoms with Crippen LogP contribution in [-0.2, 0) is 0 Å². The van der Waals surface area contributed by atoms with Gasteiger partial charge in [-0.3, -0.25) is 0 Å². The van der Waals surface area contributed by atoms with Gasteiger partial charge in [-0.25, -0.2) is 0 Å². The molecule has 2 rings (SSSR count). The van der Waals surface area contributed by atoms with Crippen molar-refractivity contribution in [1.82, 2.24) is 0 Å². The molecule has 1 N–H and O–H groups in total. The van der Waals surface area contributed by atoms with Crippen molar-refractivity contribution in [2.75, 3.05) is 0 Å². The molecule has 0 radical (unpaired) electrons. The maximum Gasteiger partial charge on any atom is 0.0734 e. The van der Waals surface area contributed by atoms with Gasteiger partial charge >= 0.3 is 0 Å². The second kappa shape index (κ2) is 5.53. The van der Waals surface area contributed by atoms with Gasteiger partial charge in [0.2, 0.25) is 0 Å². The lowest BCUT2D eigenvalue weighted by atomic mass is 10.1. The quantitative estimate of drug-likeness (QED) is 0.341. The Hall–Kier alpha value is -2.53. The van der Waals surface area contributed by atoms with Crippen molar-refractivity contribution in [3.63, 3.8) is 0 Å². The van der Waals surface area contributed by atoms with Gasteiger partial charge in [-0.05, 0) is 29.8 Å². The highest BCUT2D eigenvalue weighted by atomic mass is 16.4. The molecule has 0 aliphatic carbocycles. The van der Waals surface area contributed by atoms with E-state index in [4.69, 9.17) is 5.21 Å². The fourth-order valence-corrected chi connectivity index (χ4v) is 1.43. The van der Waals surface area contributed by atoms with E-state index < -0.39 is 0 Å². The van der Waals surface area contributed by atoms with Crippen molar-refractivity contribution >= 4 is 6.21 Å². The lowest BCUT2D eigenvalue weighted by Crippen LogP contribution is -1.82. The molecule has 2 nitrogen and oxygen atoms in total. The van der Waals surface area contributed by atoms with E-state index in [-0.39, 0.29) is 0 Å². The molecule has 0 aromatic heterocycles. The van der Waals surface area contributed by atoms with Crippen molar-refractivity contribution in [1.29, 1.82) is 0 Å². The summed E-state index contributed by atoms with van der Waals surface area (Å²) in [5.74, 6) is 6.14. The van der Waals surface area contributed by atoms with E-state index in [1.807, 2.05) is 54.6 Å². The number of benzene rings is 2. The Morgan fingerprint density at radius 3 is 2.35 bits per heavy atom. The van der Waals surface area contributed by atoms with Crippen LogP contribution in [0, 0.1) is 11.8 Å². The zero-order valence-corrected chi connectivity index (χ0v) is 9.17. The predicted molar refractivity (Wildman–Crippen MR) is 68.2 cm³/mol. The molecule has 2 aromatic rings. The van der Waals surface area contributed by atoms with Crippen LogP contribution in [-0.4, -0.2) is 11.4 Å². The van der Waals surface area contributed by atoms with Gasteiger partial charge in [0.05, 0.1) is 6.21 Å². The van der Waals surface area contributed by atoms with Crippen molar-refractivity contribution in [2.24, 2.45) is 5.16 Å². The molecule has 0 heterocycles. The third kappa shape index (κ3) is 3.22. The first-order chi connectivity index (χ1) is 8.38. The van der Waals surface area contributed by atoms with Crippen molar-refractivity contribution in [3.8, 4) is 11.8 Å². The summed E-state index contributed by atoms with van der Waals surface area (Å²) in [6.45, 7) is 0. The Morgan fingerprint density at radius 2 is 1.59 bits per heavy atom. The first-order valence-electron chi connectivity index (χ1n) is 5.23. The number of rotatable bonds is 1. The monoisotopic (exact) mass is 221 g/mol. The molecule has 0 unspecified atom stereocenters. The lowest BCUT2D eigenvalue weighted by molar-refractivity contribution is 0.322. The molecule has 0 aliphatic heterocycles. The standard InChI is InChI=1S/C15H11NO/c17-16-12-15-8-4-7-14(11-15)10-9-13-5-2-1-3-6-13/h1-8,11-12,17H. The van der Waals surface area contributed by atoms with E-state index in [0.717, 1.165) is 16.7 Å². The van der Waals surface area contributed by atoms with Crippen LogP contribution in [0.2, 0.25) is 0 Å². The van der Waals surface area contributed by atoms with Crippen LogP contribution in [0.1, 0.15) is 16.7 Å². The second-order valence-corrected chi connectivity index (χ2v) is 3.49. The van der Waals surface area contributed by atoms with Crippen LogP contribution in [0.4, 0.5) is 0 Å². The summed E-state index contributed by atoms with van der Waals surface area (Å²) in [5, 5.41) is 11.4. The summed E-state index contributed by atoms with van der Waals surface area (Å²) in [4.78, 5) is 0. The fraction of sp³-hybridized carbons (Fsp3) is 0. The van der Waals surface area contributed by atoms with Gasteiger partial charge in [-0.1, -0.05) is 47.3 Å². The molecule has 0 spiro atoms. The van der Waals surface area contributed by atoms with Gasteiger partial charge in [0.25, 0.3) is 0 Å². The van der Waals surface area contributed by atoms with Gasteiger partial charge in [-0.15, -0.1) is 0 Å². The van der Waals surface area contributed by atoms with Crippen LogP contribution in [0.3, 0.4) is 0 Å². The van der Waals surface area contributed by atoms with Gasteiger partial charge in [-0.2, -0.15) is 0 Å². The Balaban J connectivity index is 2.25. The molecule has 0 bridgehead atoms. The minimum Gasteiger partial charge on any atom is -0.411 e. The summed E-state index contributed by atoms with van der Waals surface area (Å²) < 4.78 is 0. The Morgan fingerprint density at radius 1 is 0.882 bits per heavy atom. The van der Waals surface area contributed by atoms with Crippen molar-refractivity contribution < 1.29 is 5.21 Å². The molecule has 0 aliphatic rings. The molecule has 0 saturated carbocycles. The molecule has 17 heavy (non-hydrogen) atoms. The SMILES string of the molecule is ON=Cc1cccc(C#Cc2ccccc2)c1. The van der Waals surface area contributed by atoms with Gasteiger partial charge in [0.1, 0.15) is 0 Å². The van der Waals surface area contributed by atoms with Crippen LogP contribution >= 0.6 is 0 Å². The van der Waals surface area contributed by atoms with E-state index in [1.54, 1.807) is 0 Å². The highest BCUT2D eigenvalue weighted by Crippen LogP contribution is 2.02. The minimum absolute atomic E-state index is 0.826. The normalized spacial score (nSPS) is 9.88. The smallest absolute Gasteiger partial charge is 0.0734 e. The molecule has 0 saturated heterocycles. The highest BCUT2D eigenvalue weighted by Gasteiger charge is 1.90. The molecule has 2 aromatic carbocycles. The van der Waals surface area contributed by atoms with Crippen LogP contribution < -0.4 is 0 Å². The molecule has 0 atom stereocenters. The van der Waals surface area contributed by atoms with Gasteiger partial charge in [0, 0.05) is 11.1 Å². The average molecular weight is 221 g/mol. The van der Waals surface area contributed by atoms with E-state index in [1.165, 1.54) is 6.21 Å². The molecular formula is C15H11NO. The van der Waals surface area contributed by atoms with E-state index >= 15 is 0 Å². The predicted octanol–water partition coefficient (Wildman–Crippen LogP) is 2.89. The zero-order chi connectivity index (χ0) is 11.9. The number of hydrogen-bond donors (Lipinski definition) is 1. The number of oxime groups is 1. The summed E-state index contributed by atoms with van der Waals surface area (Å²) in [6, 6.07) is 17.3. The largest absolute Gasteiger partial charge is 0.411 e. The molecule has 2 heteroatoms. The van der Waals surface area contributed by atoms with E-state index in [2.05, 4.69) is 17.0 Å². The summed E-state index contributed by atoms with van der Waals surface area (Å²) in [7, 11) is 0. The molecular weight excluding hydrogens is 210 g/mol. The molecule has 0 fully saturated rings. The zero-order valence-electron chi connectivity index (χ0n) is 9.17. The highest BCUT2D eigenvalue weighted by molar-refractivity contribution is 5.79. The summed E-state index contributed by atoms with van der Waals surface area (Å²) >= 11 is 0. The van der Waals surface area contributed by atoms with Gasteiger partial charge < -0.3 is 5.21 Å². The lowest BCUT2D eigenvalue weighted by Gasteiger charge is -1.93. The molecule has 82 valence electrons. The Kier molecular flexibility index (Phi) is 3.57. The maximum atomic E-state index is 8.45. The third-order valence-corrected chi connectivity index (χ3v) is 2.22. The van der Waals surface area contributed by atoms with Gasteiger partial charge in [0.15, 0.2) is 0 Å². The summed E-state index contributed by atoms with van der Waals surface area (Å²) in [5.41, 5.74) is 2.70. The minimum atomic E-state index is 0.826. The fourth-order valence-electron chi connectivity index (χ4n) is 1.43. The Labute approximate surface area is 100 Å².